The minimum absolute atomic E-state index is 0.203. The lowest BCUT2D eigenvalue weighted by molar-refractivity contribution is -0.0483. The Morgan fingerprint density at radius 1 is 1.38 bits per heavy atom. The zero-order chi connectivity index (χ0) is 9.68. The maximum Gasteiger partial charge on any atom is 0.0803 e. The molecule has 1 atom stereocenters. The number of aliphatic hydroxyl groups is 1. The van der Waals surface area contributed by atoms with E-state index in [1.54, 1.807) is 0 Å². The second-order valence-corrected chi connectivity index (χ2v) is 3.90. The number of aliphatic hydroxyl groups excluding tert-OH is 1. The standard InChI is InChI=1S/C10H20O3/c1-8(2)13-7-10(11)9-3-5-12-6-4-9/h8-11H,3-7H2,1-2H3. The van der Waals surface area contributed by atoms with Gasteiger partial charge in [0.1, 0.15) is 0 Å². The molecule has 0 aromatic rings. The molecule has 0 bridgehead atoms. The molecule has 3 nitrogen and oxygen atoms in total. The van der Waals surface area contributed by atoms with Crippen LogP contribution in [-0.4, -0.2) is 37.1 Å². The van der Waals surface area contributed by atoms with E-state index in [1.807, 2.05) is 13.8 Å². The summed E-state index contributed by atoms with van der Waals surface area (Å²) in [5.41, 5.74) is 0. The van der Waals surface area contributed by atoms with Crippen LogP contribution in [0, 0.1) is 5.92 Å². The van der Waals surface area contributed by atoms with Crippen LogP contribution >= 0.6 is 0 Å². The molecule has 1 N–H and O–H groups in total. The Morgan fingerprint density at radius 3 is 2.54 bits per heavy atom. The quantitative estimate of drug-likeness (QED) is 0.720. The maximum atomic E-state index is 9.74. The summed E-state index contributed by atoms with van der Waals surface area (Å²) in [4.78, 5) is 0. The van der Waals surface area contributed by atoms with E-state index in [-0.39, 0.29) is 12.2 Å². The third-order valence-corrected chi connectivity index (χ3v) is 2.41. The van der Waals surface area contributed by atoms with Crippen molar-refractivity contribution in [3.63, 3.8) is 0 Å². The van der Waals surface area contributed by atoms with Crippen molar-refractivity contribution in [1.29, 1.82) is 0 Å². The smallest absolute Gasteiger partial charge is 0.0803 e. The Hall–Kier alpha value is -0.120. The fourth-order valence-electron chi connectivity index (χ4n) is 1.53. The molecule has 0 aromatic carbocycles. The van der Waals surface area contributed by atoms with Gasteiger partial charge < -0.3 is 14.6 Å². The first-order chi connectivity index (χ1) is 6.20. The van der Waals surface area contributed by atoms with Gasteiger partial charge in [0.25, 0.3) is 0 Å². The van der Waals surface area contributed by atoms with Crippen LogP contribution in [0.25, 0.3) is 0 Å². The molecule has 0 saturated carbocycles. The van der Waals surface area contributed by atoms with Crippen molar-refractivity contribution >= 4 is 0 Å². The lowest BCUT2D eigenvalue weighted by atomic mass is 9.94. The SMILES string of the molecule is CC(C)OCC(O)C1CCOCC1. The van der Waals surface area contributed by atoms with E-state index < -0.39 is 0 Å². The molecule has 1 saturated heterocycles. The van der Waals surface area contributed by atoms with E-state index in [4.69, 9.17) is 9.47 Å². The van der Waals surface area contributed by atoms with Gasteiger partial charge in [-0.15, -0.1) is 0 Å². The van der Waals surface area contributed by atoms with Crippen LogP contribution in [0.1, 0.15) is 26.7 Å². The zero-order valence-corrected chi connectivity index (χ0v) is 8.53. The molecule has 13 heavy (non-hydrogen) atoms. The summed E-state index contributed by atoms with van der Waals surface area (Å²) < 4.78 is 10.6. The molecule has 1 fully saturated rings. The van der Waals surface area contributed by atoms with Crippen molar-refractivity contribution in [2.45, 2.75) is 38.9 Å². The van der Waals surface area contributed by atoms with Gasteiger partial charge >= 0.3 is 0 Å². The Bertz CT molecular complexity index is 130. The van der Waals surface area contributed by atoms with E-state index in [1.165, 1.54) is 0 Å². The van der Waals surface area contributed by atoms with Gasteiger partial charge in [-0.1, -0.05) is 0 Å². The Kier molecular flexibility index (Phi) is 4.70. The second kappa shape index (κ2) is 5.58. The molecule has 1 heterocycles. The molecular formula is C10H20O3. The highest BCUT2D eigenvalue weighted by Gasteiger charge is 2.22. The van der Waals surface area contributed by atoms with E-state index >= 15 is 0 Å². The van der Waals surface area contributed by atoms with Gasteiger partial charge in [-0.3, -0.25) is 0 Å². The molecule has 0 aromatic heterocycles. The Balaban J connectivity index is 2.17. The van der Waals surface area contributed by atoms with Crippen molar-refractivity contribution in [3.8, 4) is 0 Å². The maximum absolute atomic E-state index is 9.74. The number of hydrogen-bond acceptors (Lipinski definition) is 3. The summed E-state index contributed by atoms with van der Waals surface area (Å²) in [7, 11) is 0. The van der Waals surface area contributed by atoms with Crippen LogP contribution in [0.2, 0.25) is 0 Å². The van der Waals surface area contributed by atoms with Crippen LogP contribution in [0.5, 0.6) is 0 Å². The highest BCUT2D eigenvalue weighted by molar-refractivity contribution is 4.71. The number of rotatable bonds is 4. The normalized spacial score (nSPS) is 22.2. The van der Waals surface area contributed by atoms with E-state index in [9.17, 15) is 5.11 Å². The fourth-order valence-corrected chi connectivity index (χ4v) is 1.53. The van der Waals surface area contributed by atoms with Crippen molar-refractivity contribution in [1.82, 2.24) is 0 Å². The van der Waals surface area contributed by atoms with Gasteiger partial charge in [-0.2, -0.15) is 0 Å². The van der Waals surface area contributed by atoms with Crippen molar-refractivity contribution in [3.05, 3.63) is 0 Å². The van der Waals surface area contributed by atoms with Gasteiger partial charge in [-0.05, 0) is 32.6 Å². The predicted octanol–water partition coefficient (Wildman–Crippen LogP) is 1.20. The summed E-state index contributed by atoms with van der Waals surface area (Å²) >= 11 is 0. The topological polar surface area (TPSA) is 38.7 Å². The van der Waals surface area contributed by atoms with Crippen molar-refractivity contribution < 1.29 is 14.6 Å². The molecule has 1 aliphatic rings. The molecular weight excluding hydrogens is 168 g/mol. The summed E-state index contributed by atoms with van der Waals surface area (Å²) in [6.07, 6.45) is 1.81. The van der Waals surface area contributed by atoms with Crippen LogP contribution in [0.4, 0.5) is 0 Å². The molecule has 0 aliphatic carbocycles. The Morgan fingerprint density at radius 2 is 2.00 bits per heavy atom. The summed E-state index contributed by atoms with van der Waals surface area (Å²) in [6.45, 7) is 5.99. The van der Waals surface area contributed by atoms with Crippen LogP contribution in [-0.2, 0) is 9.47 Å². The lowest BCUT2D eigenvalue weighted by Crippen LogP contribution is -2.31. The molecule has 3 heteroatoms. The fraction of sp³-hybridized carbons (Fsp3) is 1.00. The van der Waals surface area contributed by atoms with Crippen molar-refractivity contribution in [2.24, 2.45) is 5.92 Å². The first kappa shape index (κ1) is 11.0. The lowest BCUT2D eigenvalue weighted by Gasteiger charge is -2.27. The predicted molar refractivity (Wildman–Crippen MR) is 50.6 cm³/mol. The van der Waals surface area contributed by atoms with E-state index in [0.717, 1.165) is 26.1 Å². The molecule has 1 unspecified atom stereocenters. The molecule has 0 spiro atoms. The number of ether oxygens (including phenoxy) is 2. The average molecular weight is 188 g/mol. The largest absolute Gasteiger partial charge is 0.390 e. The Labute approximate surface area is 80.0 Å². The van der Waals surface area contributed by atoms with Gasteiger partial charge in [0, 0.05) is 13.2 Å². The van der Waals surface area contributed by atoms with Crippen molar-refractivity contribution in [2.75, 3.05) is 19.8 Å². The molecule has 1 rings (SSSR count). The summed E-state index contributed by atoms with van der Waals surface area (Å²) in [6, 6.07) is 0. The third-order valence-electron chi connectivity index (χ3n) is 2.41. The minimum Gasteiger partial charge on any atom is -0.390 e. The molecule has 0 radical (unpaired) electrons. The first-order valence-electron chi connectivity index (χ1n) is 5.07. The molecule has 0 amide bonds. The van der Waals surface area contributed by atoms with Gasteiger partial charge in [0.05, 0.1) is 18.8 Å². The third kappa shape index (κ3) is 4.07. The highest BCUT2D eigenvalue weighted by Crippen LogP contribution is 2.19. The van der Waals surface area contributed by atoms with Crippen LogP contribution in [0.3, 0.4) is 0 Å². The van der Waals surface area contributed by atoms with E-state index in [0.29, 0.717) is 12.5 Å². The van der Waals surface area contributed by atoms with Crippen LogP contribution < -0.4 is 0 Å². The minimum atomic E-state index is -0.314. The number of hydrogen-bond donors (Lipinski definition) is 1. The first-order valence-corrected chi connectivity index (χ1v) is 5.07. The molecule has 1 aliphatic heterocycles. The van der Waals surface area contributed by atoms with Gasteiger partial charge in [-0.25, -0.2) is 0 Å². The van der Waals surface area contributed by atoms with E-state index in [2.05, 4.69) is 0 Å². The second-order valence-electron chi connectivity index (χ2n) is 3.90. The monoisotopic (exact) mass is 188 g/mol. The molecule has 78 valence electrons. The summed E-state index contributed by atoms with van der Waals surface area (Å²) in [5.74, 6) is 0.368. The zero-order valence-electron chi connectivity index (χ0n) is 8.53. The average Bonchev–Trinajstić information content (AvgIpc) is 2.15. The van der Waals surface area contributed by atoms with Gasteiger partial charge in [0.15, 0.2) is 0 Å². The summed E-state index contributed by atoms with van der Waals surface area (Å²) in [5, 5.41) is 9.74. The van der Waals surface area contributed by atoms with Crippen LogP contribution in [0.15, 0.2) is 0 Å². The van der Waals surface area contributed by atoms with Gasteiger partial charge in [0.2, 0.25) is 0 Å². The highest BCUT2D eigenvalue weighted by atomic mass is 16.5.